The third kappa shape index (κ3) is 5.12. The zero-order valence-electron chi connectivity index (χ0n) is 14.2. The number of carbonyl (C=O) groups excluding carboxylic acids is 3. The van der Waals surface area contributed by atoms with Gasteiger partial charge in [-0.15, -0.1) is 0 Å². The van der Waals surface area contributed by atoms with Crippen LogP contribution in [-0.2, 0) is 19.0 Å². The van der Waals surface area contributed by atoms with E-state index in [0.29, 0.717) is 6.29 Å². The van der Waals surface area contributed by atoms with E-state index >= 15 is 0 Å². The molecule has 7 nitrogen and oxygen atoms in total. The van der Waals surface area contributed by atoms with Gasteiger partial charge in [0.2, 0.25) is 5.76 Å². The fraction of sp³-hybridized carbons (Fsp3) is 0.353. The lowest BCUT2D eigenvalue weighted by Gasteiger charge is -2.21. The zero-order valence-corrected chi connectivity index (χ0v) is 14.2. The van der Waals surface area contributed by atoms with Crippen LogP contribution in [-0.4, -0.2) is 38.0 Å². The fourth-order valence-electron chi connectivity index (χ4n) is 1.72. The first kappa shape index (κ1) is 19.2. The molecule has 0 N–H and O–H groups in total. The highest BCUT2D eigenvalue weighted by Gasteiger charge is 2.26. The fourth-order valence-corrected chi connectivity index (χ4v) is 1.72. The van der Waals surface area contributed by atoms with Crippen molar-refractivity contribution in [3.05, 3.63) is 41.3 Å². The van der Waals surface area contributed by atoms with Crippen LogP contribution in [0.15, 0.2) is 30.2 Å². The van der Waals surface area contributed by atoms with Gasteiger partial charge in [0.15, 0.2) is 6.29 Å². The maximum absolute atomic E-state index is 12.4. The molecule has 24 heavy (non-hydrogen) atoms. The molecule has 0 heterocycles. The van der Waals surface area contributed by atoms with Crippen LogP contribution in [0.4, 0.5) is 0 Å². The normalized spacial score (nSPS) is 11.5. The molecular formula is C17H20O7. The quantitative estimate of drug-likeness (QED) is 0.341. The van der Waals surface area contributed by atoms with Crippen molar-refractivity contribution in [1.29, 1.82) is 0 Å². The van der Waals surface area contributed by atoms with Gasteiger partial charge in [0.05, 0.1) is 14.2 Å². The monoisotopic (exact) mass is 336 g/mol. The second kappa shape index (κ2) is 8.14. The number of hydrogen-bond donors (Lipinski definition) is 0. The standard InChI is InChI=1S/C17H20O7/c1-17(2,3)24-16(20)14-11(9-18)7-6-8-12(14)23-13(10-21-4)15(19)22-5/h6-10H,1-5H3/b13-10+. The summed E-state index contributed by atoms with van der Waals surface area (Å²) in [5.74, 6) is -1.86. The molecule has 0 aliphatic carbocycles. The van der Waals surface area contributed by atoms with Gasteiger partial charge in [0.25, 0.3) is 0 Å². The Morgan fingerprint density at radius 3 is 2.29 bits per heavy atom. The Morgan fingerprint density at radius 1 is 1.12 bits per heavy atom. The Balaban J connectivity index is 3.33. The maximum atomic E-state index is 12.4. The lowest BCUT2D eigenvalue weighted by molar-refractivity contribution is -0.138. The molecule has 0 amide bonds. The molecule has 1 aromatic rings. The molecule has 130 valence electrons. The number of esters is 2. The summed E-state index contributed by atoms with van der Waals surface area (Å²) in [5.41, 5.74) is -0.783. The van der Waals surface area contributed by atoms with Gasteiger partial charge in [-0.05, 0) is 26.8 Å². The van der Waals surface area contributed by atoms with Crippen LogP contribution >= 0.6 is 0 Å². The Kier molecular flexibility index (Phi) is 6.52. The minimum absolute atomic E-state index is 0.0254. The van der Waals surface area contributed by atoms with Gasteiger partial charge in [-0.25, -0.2) is 9.59 Å². The molecule has 0 aliphatic rings. The summed E-state index contributed by atoms with van der Waals surface area (Å²) in [7, 11) is 2.49. The van der Waals surface area contributed by atoms with Gasteiger partial charge < -0.3 is 18.9 Å². The number of methoxy groups -OCH3 is 2. The highest BCUT2D eigenvalue weighted by Crippen LogP contribution is 2.26. The molecule has 0 fully saturated rings. The van der Waals surface area contributed by atoms with Crippen LogP contribution in [0.25, 0.3) is 0 Å². The molecule has 0 aliphatic heterocycles. The van der Waals surface area contributed by atoms with E-state index in [1.165, 1.54) is 32.4 Å². The van der Waals surface area contributed by atoms with E-state index in [4.69, 9.17) is 14.2 Å². The summed E-state index contributed by atoms with van der Waals surface area (Å²) in [6.07, 6.45) is 1.53. The van der Waals surface area contributed by atoms with Crippen LogP contribution in [0.3, 0.4) is 0 Å². The average Bonchev–Trinajstić information content (AvgIpc) is 2.51. The minimum atomic E-state index is -0.802. The van der Waals surface area contributed by atoms with Gasteiger partial charge in [0, 0.05) is 5.56 Å². The topological polar surface area (TPSA) is 88.1 Å². The van der Waals surface area contributed by atoms with Gasteiger partial charge in [-0.3, -0.25) is 4.79 Å². The molecule has 0 radical (unpaired) electrons. The summed E-state index contributed by atoms with van der Waals surface area (Å²) in [6, 6.07) is 4.38. The van der Waals surface area contributed by atoms with E-state index in [1.54, 1.807) is 20.8 Å². The highest BCUT2D eigenvalue weighted by molar-refractivity contribution is 6.01. The van der Waals surface area contributed by atoms with Gasteiger partial charge in [0.1, 0.15) is 23.2 Å². The third-order valence-corrected chi connectivity index (χ3v) is 2.62. The van der Waals surface area contributed by atoms with Crippen molar-refractivity contribution in [2.24, 2.45) is 0 Å². The van der Waals surface area contributed by atoms with Gasteiger partial charge in [-0.2, -0.15) is 0 Å². The molecule has 7 heteroatoms. The van der Waals surface area contributed by atoms with E-state index in [2.05, 4.69) is 4.74 Å². The van der Waals surface area contributed by atoms with Crippen molar-refractivity contribution in [2.45, 2.75) is 26.4 Å². The number of hydrogen-bond acceptors (Lipinski definition) is 7. The second-order valence-electron chi connectivity index (χ2n) is 5.65. The average molecular weight is 336 g/mol. The number of aldehydes is 1. The summed E-state index contributed by atoms with van der Waals surface area (Å²) in [5, 5.41) is 0. The summed E-state index contributed by atoms with van der Waals surface area (Å²) in [6.45, 7) is 5.08. The van der Waals surface area contributed by atoms with Crippen LogP contribution in [0, 0.1) is 0 Å². The van der Waals surface area contributed by atoms with Crippen molar-refractivity contribution >= 4 is 18.2 Å². The molecule has 0 aromatic heterocycles. The molecular weight excluding hydrogens is 316 g/mol. The summed E-state index contributed by atoms with van der Waals surface area (Å²) < 4.78 is 20.0. The SMILES string of the molecule is CO/C=C(/Oc1cccc(C=O)c1C(=O)OC(C)(C)C)C(=O)OC. The van der Waals surface area contributed by atoms with Gasteiger partial charge in [-0.1, -0.05) is 12.1 Å². The minimum Gasteiger partial charge on any atom is -0.500 e. The van der Waals surface area contributed by atoms with E-state index < -0.39 is 17.5 Å². The number of rotatable bonds is 6. The zero-order chi connectivity index (χ0) is 18.3. The van der Waals surface area contributed by atoms with Crippen LogP contribution < -0.4 is 4.74 Å². The highest BCUT2D eigenvalue weighted by atomic mass is 16.6. The smallest absolute Gasteiger partial charge is 0.377 e. The lowest BCUT2D eigenvalue weighted by atomic mass is 10.1. The molecule has 0 saturated heterocycles. The molecule has 1 rings (SSSR count). The molecule has 0 saturated carbocycles. The first-order chi connectivity index (χ1) is 11.2. The molecule has 0 unspecified atom stereocenters. The molecule has 0 bridgehead atoms. The number of carbonyl (C=O) groups is 3. The number of benzene rings is 1. The van der Waals surface area contributed by atoms with Crippen LogP contribution in [0.2, 0.25) is 0 Å². The van der Waals surface area contributed by atoms with Crippen LogP contribution in [0.1, 0.15) is 41.5 Å². The van der Waals surface area contributed by atoms with Crippen LogP contribution in [0.5, 0.6) is 5.75 Å². The Morgan fingerprint density at radius 2 is 1.79 bits per heavy atom. The molecule has 0 spiro atoms. The first-order valence-corrected chi connectivity index (χ1v) is 7.04. The Hall–Kier alpha value is -2.83. The summed E-state index contributed by atoms with van der Waals surface area (Å²) >= 11 is 0. The van der Waals surface area contributed by atoms with E-state index in [0.717, 1.165) is 6.26 Å². The molecule has 0 atom stereocenters. The predicted octanol–water partition coefficient (Wildman–Crippen LogP) is 2.49. The van der Waals surface area contributed by atoms with E-state index in [-0.39, 0.29) is 22.6 Å². The predicted molar refractivity (Wildman–Crippen MR) is 84.7 cm³/mol. The van der Waals surface area contributed by atoms with Crippen molar-refractivity contribution in [3.8, 4) is 5.75 Å². The first-order valence-electron chi connectivity index (χ1n) is 7.04. The Labute approximate surface area is 140 Å². The Bertz CT molecular complexity index is 653. The van der Waals surface area contributed by atoms with Crippen molar-refractivity contribution in [2.75, 3.05) is 14.2 Å². The van der Waals surface area contributed by atoms with Gasteiger partial charge >= 0.3 is 11.9 Å². The largest absolute Gasteiger partial charge is 0.500 e. The van der Waals surface area contributed by atoms with Crippen molar-refractivity contribution < 1.29 is 33.3 Å². The van der Waals surface area contributed by atoms with E-state index in [9.17, 15) is 14.4 Å². The number of ether oxygens (including phenoxy) is 4. The summed E-state index contributed by atoms with van der Waals surface area (Å²) in [4.78, 5) is 35.4. The van der Waals surface area contributed by atoms with Crippen molar-refractivity contribution in [1.82, 2.24) is 0 Å². The third-order valence-electron chi connectivity index (χ3n) is 2.62. The van der Waals surface area contributed by atoms with E-state index in [1.807, 2.05) is 0 Å². The molecule has 1 aromatic carbocycles. The second-order valence-corrected chi connectivity index (χ2v) is 5.65. The van der Waals surface area contributed by atoms with Crippen molar-refractivity contribution in [3.63, 3.8) is 0 Å². The lowest BCUT2D eigenvalue weighted by Crippen LogP contribution is -2.25. The maximum Gasteiger partial charge on any atom is 0.377 e.